The highest BCUT2D eigenvalue weighted by Gasteiger charge is 2.28. The van der Waals surface area contributed by atoms with Crippen LogP contribution in [-0.2, 0) is 41.8 Å². The van der Waals surface area contributed by atoms with E-state index in [1.54, 1.807) is 0 Å². The summed E-state index contributed by atoms with van der Waals surface area (Å²) in [5.74, 6) is 0.431. The van der Waals surface area contributed by atoms with Gasteiger partial charge in [0.15, 0.2) is 6.10 Å². The van der Waals surface area contributed by atoms with Crippen molar-refractivity contribution in [2.45, 2.75) is 162 Å². The minimum Gasteiger partial charge on any atom is -0.462 e. The van der Waals surface area contributed by atoms with Crippen LogP contribution in [0.5, 0.6) is 0 Å². The maximum atomic E-state index is 12.5. The molecular weight excluding hydrogens is 666 g/mol. The molecule has 1 unspecified atom stereocenters. The molecule has 15 heteroatoms. The maximum absolute atomic E-state index is 12.5. The summed E-state index contributed by atoms with van der Waals surface area (Å²) in [5, 5.41) is 9.68. The highest BCUT2D eigenvalue weighted by Crippen LogP contribution is 2.43. The molecule has 4 N–H and O–H groups in total. The Labute approximate surface area is 289 Å². The van der Waals surface area contributed by atoms with Crippen molar-refractivity contribution in [3.8, 4) is 0 Å². The zero-order chi connectivity index (χ0) is 36.3. The Bertz CT molecular complexity index is 910. The number of hydrogen-bond acceptors (Lipinski definition) is 10. The van der Waals surface area contributed by atoms with Crippen LogP contribution in [0, 0.1) is 11.8 Å². The third-order valence-electron chi connectivity index (χ3n) is 7.59. The van der Waals surface area contributed by atoms with E-state index in [0.29, 0.717) is 12.8 Å². The first-order valence-corrected chi connectivity index (χ1v) is 21.0. The van der Waals surface area contributed by atoms with E-state index in [0.717, 1.165) is 56.8 Å². The molecule has 0 aliphatic carbocycles. The Morgan fingerprint density at radius 3 is 1.40 bits per heavy atom. The second-order valence-electron chi connectivity index (χ2n) is 13.5. The van der Waals surface area contributed by atoms with Crippen LogP contribution in [0.25, 0.3) is 0 Å². The fourth-order valence-corrected chi connectivity index (χ4v) is 5.99. The van der Waals surface area contributed by atoms with Crippen LogP contribution in [0.15, 0.2) is 0 Å². The molecule has 48 heavy (non-hydrogen) atoms. The van der Waals surface area contributed by atoms with Crippen LogP contribution in [-0.4, -0.2) is 70.4 Å². The Morgan fingerprint density at radius 2 is 0.938 bits per heavy atom. The number of phosphoric acid groups is 2. The Morgan fingerprint density at radius 1 is 0.542 bits per heavy atom. The topological polar surface area (TPSA) is 195 Å². The van der Waals surface area contributed by atoms with Crippen LogP contribution >= 0.6 is 15.6 Å². The van der Waals surface area contributed by atoms with Crippen LogP contribution in [0.2, 0.25) is 0 Å². The van der Waals surface area contributed by atoms with E-state index < -0.39 is 59.6 Å². The van der Waals surface area contributed by atoms with E-state index in [1.807, 2.05) is 0 Å². The van der Waals surface area contributed by atoms with Crippen molar-refractivity contribution in [1.82, 2.24) is 0 Å². The molecule has 0 saturated heterocycles. The van der Waals surface area contributed by atoms with Crippen molar-refractivity contribution in [2.75, 3.05) is 26.4 Å². The van der Waals surface area contributed by atoms with Gasteiger partial charge in [-0.25, -0.2) is 9.13 Å². The molecule has 0 aromatic carbocycles. The number of carbonyl (C=O) groups is 2. The Kier molecular flexibility index (Phi) is 28.2. The van der Waals surface area contributed by atoms with Crippen molar-refractivity contribution in [3.63, 3.8) is 0 Å². The lowest BCUT2D eigenvalue weighted by atomic mass is 10.0. The molecular formula is C33H66O13P2. The van der Waals surface area contributed by atoms with Crippen LogP contribution < -0.4 is 0 Å². The molecule has 0 radical (unpaired) electrons. The third-order valence-corrected chi connectivity index (χ3v) is 9.03. The van der Waals surface area contributed by atoms with E-state index >= 15 is 0 Å². The zero-order valence-corrected chi connectivity index (χ0v) is 31.7. The van der Waals surface area contributed by atoms with Gasteiger partial charge in [0.05, 0.1) is 19.8 Å². The fourth-order valence-electron chi connectivity index (χ4n) is 4.83. The average Bonchev–Trinajstić information content (AvgIpc) is 2.99. The molecule has 0 heterocycles. The van der Waals surface area contributed by atoms with Crippen molar-refractivity contribution < 1.29 is 61.6 Å². The van der Waals surface area contributed by atoms with Gasteiger partial charge in [-0.3, -0.25) is 23.2 Å². The SMILES string of the molecule is CC(C)CCCCCCCCCCC(=O)OC[C@H](COP(=O)(O)OC[C@@H](O)COP(=O)(O)O)OC(=O)CCCCCCCCCC(C)C. The number of aliphatic hydroxyl groups excluding tert-OH is 1. The predicted octanol–water partition coefficient (Wildman–Crippen LogP) is 7.77. The minimum absolute atomic E-state index is 0.134. The molecule has 0 aliphatic rings. The number of esters is 2. The van der Waals surface area contributed by atoms with Crippen molar-refractivity contribution in [3.05, 3.63) is 0 Å². The van der Waals surface area contributed by atoms with Crippen molar-refractivity contribution >= 4 is 27.6 Å². The van der Waals surface area contributed by atoms with Gasteiger partial charge in [-0.15, -0.1) is 0 Å². The summed E-state index contributed by atoms with van der Waals surface area (Å²) in [6, 6.07) is 0. The van der Waals surface area contributed by atoms with Crippen LogP contribution in [0.1, 0.15) is 150 Å². The third kappa shape index (κ3) is 33.6. The van der Waals surface area contributed by atoms with Gasteiger partial charge in [-0.05, 0) is 24.7 Å². The van der Waals surface area contributed by atoms with Gasteiger partial charge in [-0.2, -0.15) is 0 Å². The van der Waals surface area contributed by atoms with Gasteiger partial charge in [0.2, 0.25) is 0 Å². The Hall–Kier alpha value is -0.880. The van der Waals surface area contributed by atoms with Crippen LogP contribution in [0.4, 0.5) is 0 Å². The van der Waals surface area contributed by atoms with Gasteiger partial charge in [0.25, 0.3) is 0 Å². The first-order valence-electron chi connectivity index (χ1n) is 17.9. The summed E-state index contributed by atoms with van der Waals surface area (Å²) in [6.45, 7) is 6.23. The number of ether oxygens (including phenoxy) is 2. The van der Waals surface area contributed by atoms with E-state index in [2.05, 4.69) is 36.7 Å². The highest BCUT2D eigenvalue weighted by atomic mass is 31.2. The number of aliphatic hydroxyl groups is 1. The molecule has 0 aromatic heterocycles. The van der Waals surface area contributed by atoms with Gasteiger partial charge in [0, 0.05) is 12.8 Å². The first-order chi connectivity index (χ1) is 22.6. The van der Waals surface area contributed by atoms with Crippen LogP contribution in [0.3, 0.4) is 0 Å². The summed E-state index contributed by atoms with van der Waals surface area (Å²) in [5.41, 5.74) is 0. The quantitative estimate of drug-likeness (QED) is 0.0290. The number of unbranched alkanes of at least 4 members (excludes halogenated alkanes) is 13. The lowest BCUT2D eigenvalue weighted by Gasteiger charge is -2.20. The summed E-state index contributed by atoms with van der Waals surface area (Å²) < 4.78 is 47.4. The molecule has 3 atom stereocenters. The van der Waals surface area contributed by atoms with Crippen molar-refractivity contribution in [1.29, 1.82) is 0 Å². The summed E-state index contributed by atoms with van der Waals surface area (Å²) >= 11 is 0. The van der Waals surface area contributed by atoms with Gasteiger partial charge < -0.3 is 29.3 Å². The van der Waals surface area contributed by atoms with Gasteiger partial charge in [0.1, 0.15) is 12.7 Å². The standard InChI is InChI=1S/C33H66O13P2/c1-28(2)20-16-12-8-5-6-10-14-18-22-32(35)42-26-31(27-45-48(40,41)44-25-30(34)24-43-47(37,38)39)46-33(36)23-19-15-11-7-9-13-17-21-29(3)4/h28-31,34H,5-27H2,1-4H3,(H,40,41)(H2,37,38,39)/t30-,31+/m0/s1. The molecule has 0 fully saturated rings. The van der Waals surface area contributed by atoms with Gasteiger partial charge in [-0.1, -0.05) is 124 Å². The molecule has 286 valence electrons. The normalized spacial score (nSPS) is 14.6. The lowest BCUT2D eigenvalue weighted by Crippen LogP contribution is -2.30. The molecule has 0 aromatic rings. The van der Waals surface area contributed by atoms with Gasteiger partial charge >= 0.3 is 27.6 Å². The first kappa shape index (κ1) is 47.1. The lowest BCUT2D eigenvalue weighted by molar-refractivity contribution is -0.161. The average molecular weight is 733 g/mol. The second-order valence-corrected chi connectivity index (χ2v) is 16.2. The molecule has 0 bridgehead atoms. The summed E-state index contributed by atoms with van der Waals surface area (Å²) in [6.07, 6.45) is 15.9. The maximum Gasteiger partial charge on any atom is 0.472 e. The van der Waals surface area contributed by atoms with E-state index in [1.165, 1.54) is 51.4 Å². The Balaban J connectivity index is 4.62. The van der Waals surface area contributed by atoms with Crippen molar-refractivity contribution in [2.24, 2.45) is 11.8 Å². The molecule has 0 rings (SSSR count). The summed E-state index contributed by atoms with van der Waals surface area (Å²) in [7, 11) is -9.64. The predicted molar refractivity (Wildman–Crippen MR) is 184 cm³/mol. The minimum atomic E-state index is -4.85. The monoisotopic (exact) mass is 732 g/mol. The summed E-state index contributed by atoms with van der Waals surface area (Å²) in [4.78, 5) is 52.2. The molecule has 0 saturated carbocycles. The number of carbonyl (C=O) groups excluding carboxylic acids is 2. The van der Waals surface area contributed by atoms with E-state index in [9.17, 15) is 28.7 Å². The molecule has 13 nitrogen and oxygen atoms in total. The number of rotatable bonds is 33. The molecule has 0 aliphatic heterocycles. The van der Waals surface area contributed by atoms with E-state index in [4.69, 9.17) is 23.8 Å². The number of hydrogen-bond donors (Lipinski definition) is 4. The number of phosphoric ester groups is 2. The largest absolute Gasteiger partial charge is 0.472 e. The molecule has 0 spiro atoms. The highest BCUT2D eigenvalue weighted by molar-refractivity contribution is 7.47. The zero-order valence-electron chi connectivity index (χ0n) is 29.9. The van der Waals surface area contributed by atoms with E-state index in [-0.39, 0.29) is 19.4 Å². The molecule has 0 amide bonds. The smallest absolute Gasteiger partial charge is 0.462 e. The fraction of sp³-hybridized carbons (Fsp3) is 0.939. The second kappa shape index (κ2) is 28.8.